The van der Waals surface area contributed by atoms with E-state index in [-0.39, 0.29) is 19.4 Å². The van der Waals surface area contributed by atoms with Crippen molar-refractivity contribution in [1.82, 2.24) is 0 Å². The highest BCUT2D eigenvalue weighted by Gasteiger charge is 2.77. The standard InChI is InChI=1S/C28H24O8/c29-23(19-10-4-1-5-11-19)33-18-28-17-27(28,35-25(31)21-14-8-3-9-15-21)16-22(26(32)36-28)34-24(30)20-12-6-2-7-13-20/h1-15,22,26,32H,16-18H2. The Morgan fingerprint density at radius 1 is 0.778 bits per heavy atom. The molecule has 0 aromatic heterocycles. The molecule has 184 valence electrons. The highest BCUT2D eigenvalue weighted by atomic mass is 16.7. The van der Waals surface area contributed by atoms with Gasteiger partial charge in [-0.05, 0) is 36.4 Å². The van der Waals surface area contributed by atoms with Crippen LogP contribution in [-0.4, -0.2) is 53.2 Å². The Bertz CT molecular complexity index is 1250. The van der Waals surface area contributed by atoms with Crippen LogP contribution in [0.15, 0.2) is 91.0 Å². The molecule has 1 aliphatic carbocycles. The molecule has 8 nitrogen and oxygen atoms in total. The number of esters is 3. The van der Waals surface area contributed by atoms with Gasteiger partial charge in [0.05, 0.1) is 16.7 Å². The second-order valence-electron chi connectivity index (χ2n) is 8.89. The van der Waals surface area contributed by atoms with Gasteiger partial charge in [0.25, 0.3) is 0 Å². The molecule has 36 heavy (non-hydrogen) atoms. The van der Waals surface area contributed by atoms with E-state index in [4.69, 9.17) is 18.9 Å². The minimum atomic E-state index is -1.50. The average molecular weight is 488 g/mol. The SMILES string of the molecule is O=C(OCC12CC1(OC(=O)c1ccccc1)CC(OC(=O)c1ccccc1)C(O)O2)c1ccccc1. The number of aliphatic hydroxyl groups is 1. The van der Waals surface area contributed by atoms with E-state index in [2.05, 4.69) is 0 Å². The second-order valence-corrected chi connectivity index (χ2v) is 8.89. The first-order valence-corrected chi connectivity index (χ1v) is 11.5. The van der Waals surface area contributed by atoms with Gasteiger partial charge in [0.1, 0.15) is 12.2 Å². The van der Waals surface area contributed by atoms with Gasteiger partial charge < -0.3 is 24.1 Å². The number of rotatable bonds is 7. The van der Waals surface area contributed by atoms with Crippen molar-refractivity contribution in [2.75, 3.05) is 6.61 Å². The number of carbonyl (C=O) groups excluding carboxylic acids is 3. The molecule has 2 fully saturated rings. The molecule has 2 aliphatic rings. The van der Waals surface area contributed by atoms with Gasteiger partial charge >= 0.3 is 17.9 Å². The molecule has 0 amide bonds. The zero-order chi connectivity index (χ0) is 25.2. The fraction of sp³-hybridized carbons (Fsp3) is 0.250. The third kappa shape index (κ3) is 4.60. The summed E-state index contributed by atoms with van der Waals surface area (Å²) in [4.78, 5) is 38.1. The Balaban J connectivity index is 1.35. The van der Waals surface area contributed by atoms with Gasteiger partial charge in [-0.15, -0.1) is 0 Å². The van der Waals surface area contributed by atoms with Crippen LogP contribution in [0.3, 0.4) is 0 Å². The first kappa shape index (κ1) is 23.7. The predicted molar refractivity (Wildman–Crippen MR) is 126 cm³/mol. The van der Waals surface area contributed by atoms with Crippen molar-refractivity contribution in [2.24, 2.45) is 0 Å². The Morgan fingerprint density at radius 2 is 1.28 bits per heavy atom. The summed E-state index contributed by atoms with van der Waals surface area (Å²) in [5.74, 6) is -1.81. The largest absolute Gasteiger partial charge is 0.459 e. The van der Waals surface area contributed by atoms with Crippen molar-refractivity contribution < 1.29 is 38.4 Å². The zero-order valence-electron chi connectivity index (χ0n) is 19.2. The predicted octanol–water partition coefficient (Wildman–Crippen LogP) is 3.55. The fourth-order valence-corrected chi connectivity index (χ4v) is 4.47. The van der Waals surface area contributed by atoms with E-state index >= 15 is 0 Å². The first-order valence-electron chi connectivity index (χ1n) is 11.5. The van der Waals surface area contributed by atoms with Gasteiger partial charge in [0.2, 0.25) is 0 Å². The molecule has 1 heterocycles. The molecule has 3 aromatic rings. The van der Waals surface area contributed by atoms with Crippen molar-refractivity contribution in [3.8, 4) is 0 Å². The van der Waals surface area contributed by atoms with Crippen molar-refractivity contribution in [2.45, 2.75) is 36.4 Å². The van der Waals surface area contributed by atoms with E-state index in [1.165, 1.54) is 0 Å². The monoisotopic (exact) mass is 488 g/mol. The lowest BCUT2D eigenvalue weighted by atomic mass is 10.0. The maximum Gasteiger partial charge on any atom is 0.338 e. The minimum Gasteiger partial charge on any atom is -0.459 e. The Morgan fingerprint density at radius 3 is 1.83 bits per heavy atom. The summed E-state index contributed by atoms with van der Waals surface area (Å²) in [6.07, 6.45) is -2.45. The van der Waals surface area contributed by atoms with Crippen LogP contribution in [0.25, 0.3) is 0 Å². The third-order valence-electron chi connectivity index (χ3n) is 6.48. The number of benzene rings is 3. The normalized spacial score (nSPS) is 26.2. The minimum absolute atomic E-state index is 0.0196. The highest BCUT2D eigenvalue weighted by Crippen LogP contribution is 2.61. The summed E-state index contributed by atoms with van der Waals surface area (Å²) in [5.41, 5.74) is -1.52. The van der Waals surface area contributed by atoms with Crippen LogP contribution in [0.5, 0.6) is 0 Å². The van der Waals surface area contributed by atoms with Gasteiger partial charge in [0, 0.05) is 12.8 Å². The van der Waals surface area contributed by atoms with Crippen molar-refractivity contribution >= 4 is 17.9 Å². The Hall–Kier alpha value is -4.01. The van der Waals surface area contributed by atoms with Gasteiger partial charge in [-0.1, -0.05) is 54.6 Å². The summed E-state index contributed by atoms with van der Waals surface area (Å²) >= 11 is 0. The van der Waals surface area contributed by atoms with Crippen LogP contribution in [0, 0.1) is 0 Å². The van der Waals surface area contributed by atoms with Crippen LogP contribution in [-0.2, 0) is 18.9 Å². The van der Waals surface area contributed by atoms with Crippen molar-refractivity contribution in [3.63, 3.8) is 0 Å². The molecule has 0 spiro atoms. The van der Waals surface area contributed by atoms with E-state index in [0.29, 0.717) is 16.7 Å². The number of ether oxygens (including phenoxy) is 4. The molecule has 8 heteroatoms. The van der Waals surface area contributed by atoms with Crippen LogP contribution in [0.1, 0.15) is 43.9 Å². The summed E-state index contributed by atoms with van der Waals surface area (Å²) in [7, 11) is 0. The third-order valence-corrected chi connectivity index (χ3v) is 6.48. The maximum atomic E-state index is 12.9. The molecule has 1 aliphatic heterocycles. The van der Waals surface area contributed by atoms with Gasteiger partial charge in [-0.3, -0.25) is 0 Å². The quantitative estimate of drug-likeness (QED) is 0.397. The Labute approximate surface area is 207 Å². The van der Waals surface area contributed by atoms with Gasteiger partial charge in [-0.25, -0.2) is 14.4 Å². The molecular formula is C28H24O8. The van der Waals surface area contributed by atoms with Crippen LogP contribution >= 0.6 is 0 Å². The molecule has 1 N–H and O–H groups in total. The number of hydrogen-bond donors (Lipinski definition) is 1. The fourth-order valence-electron chi connectivity index (χ4n) is 4.47. The topological polar surface area (TPSA) is 108 Å². The zero-order valence-corrected chi connectivity index (χ0v) is 19.2. The molecule has 4 unspecified atom stereocenters. The highest BCUT2D eigenvalue weighted by molar-refractivity contribution is 5.91. The molecule has 4 atom stereocenters. The number of fused-ring (bicyclic) bond motifs is 1. The summed E-state index contributed by atoms with van der Waals surface area (Å²) in [6, 6.07) is 25.2. The van der Waals surface area contributed by atoms with Crippen LogP contribution < -0.4 is 0 Å². The van der Waals surface area contributed by atoms with Gasteiger partial charge in [-0.2, -0.15) is 0 Å². The smallest absolute Gasteiger partial charge is 0.338 e. The Kier molecular flexibility index (Phi) is 6.30. The average Bonchev–Trinajstić information content (AvgIpc) is 3.54. The molecule has 1 saturated heterocycles. The molecule has 0 bridgehead atoms. The van der Waals surface area contributed by atoms with Crippen molar-refractivity contribution in [1.29, 1.82) is 0 Å². The maximum absolute atomic E-state index is 12.9. The lowest BCUT2D eigenvalue weighted by Gasteiger charge is -2.37. The molecule has 1 saturated carbocycles. The summed E-state index contributed by atoms with van der Waals surface area (Å²) < 4.78 is 22.7. The van der Waals surface area contributed by atoms with E-state index in [1.807, 2.05) is 0 Å². The lowest BCUT2D eigenvalue weighted by molar-refractivity contribution is -0.252. The first-order chi connectivity index (χ1) is 17.4. The second kappa shape index (κ2) is 9.56. The van der Waals surface area contributed by atoms with Crippen molar-refractivity contribution in [3.05, 3.63) is 108 Å². The van der Waals surface area contributed by atoms with E-state index < -0.39 is 41.5 Å². The molecule has 5 rings (SSSR count). The molecular weight excluding hydrogens is 464 g/mol. The number of aliphatic hydroxyl groups excluding tert-OH is 1. The van der Waals surface area contributed by atoms with E-state index in [9.17, 15) is 19.5 Å². The summed E-state index contributed by atoms with van der Waals surface area (Å²) in [6.45, 7) is -0.251. The summed E-state index contributed by atoms with van der Waals surface area (Å²) in [5, 5.41) is 10.7. The number of carbonyl (C=O) groups is 3. The van der Waals surface area contributed by atoms with Gasteiger partial charge in [0.15, 0.2) is 18.0 Å². The van der Waals surface area contributed by atoms with Crippen LogP contribution in [0.2, 0.25) is 0 Å². The van der Waals surface area contributed by atoms with Crippen LogP contribution in [0.4, 0.5) is 0 Å². The molecule has 3 aromatic carbocycles. The van der Waals surface area contributed by atoms with E-state index in [0.717, 1.165) is 0 Å². The molecule has 0 radical (unpaired) electrons. The van der Waals surface area contributed by atoms with E-state index in [1.54, 1.807) is 91.0 Å². The number of hydrogen-bond acceptors (Lipinski definition) is 8. The lowest BCUT2D eigenvalue weighted by Crippen LogP contribution is -2.52.